The molecule has 1 fully saturated rings. The largest absolute Gasteiger partial charge is 0.464 e. The van der Waals surface area contributed by atoms with Crippen LogP contribution in [0.15, 0.2) is 63.6 Å². The van der Waals surface area contributed by atoms with Crippen molar-refractivity contribution in [2.75, 3.05) is 31.2 Å². The van der Waals surface area contributed by atoms with Gasteiger partial charge in [-0.25, -0.2) is 9.50 Å². The number of anilines is 1. The molecule has 1 aliphatic heterocycles. The van der Waals surface area contributed by atoms with Gasteiger partial charge in [0.15, 0.2) is 11.5 Å². The molecule has 9 nitrogen and oxygen atoms in total. The zero-order valence-corrected chi connectivity index (χ0v) is 16.6. The predicted molar refractivity (Wildman–Crippen MR) is 111 cm³/mol. The number of ether oxygens (including phenoxy) is 1. The van der Waals surface area contributed by atoms with Crippen LogP contribution in [0, 0.1) is 6.92 Å². The minimum absolute atomic E-state index is 0.368. The van der Waals surface area contributed by atoms with E-state index in [1.165, 1.54) is 0 Å². The first-order valence-electron chi connectivity index (χ1n) is 9.82. The topological polar surface area (TPSA) is 93.4 Å². The number of pyridine rings is 1. The van der Waals surface area contributed by atoms with Crippen LogP contribution >= 0.6 is 0 Å². The second-order valence-electron chi connectivity index (χ2n) is 7.03. The number of imidazole rings is 1. The van der Waals surface area contributed by atoms with Crippen molar-refractivity contribution in [3.8, 4) is 11.3 Å². The van der Waals surface area contributed by atoms with Crippen LogP contribution in [0.25, 0.3) is 16.9 Å². The number of morpholine rings is 1. The standard InChI is InChI=1S/C21H21N7O2/c1-15-2-3-17(30-15)13-23-25-20-12-19(27-8-10-29-11-9-27)21-24-18(14-28(21)26-20)16-4-6-22-7-5-16/h2-7,12,14H,8-11,13H2,1H3. The third-order valence-corrected chi connectivity index (χ3v) is 4.92. The first-order valence-corrected chi connectivity index (χ1v) is 9.82. The maximum Gasteiger partial charge on any atom is 0.196 e. The molecule has 0 radical (unpaired) electrons. The van der Waals surface area contributed by atoms with Crippen molar-refractivity contribution >= 4 is 17.2 Å². The SMILES string of the molecule is Cc1ccc(CN=Nc2cc(N3CCOCC3)c3nc(-c4ccncc4)cn3n2)o1. The molecule has 1 aliphatic rings. The van der Waals surface area contributed by atoms with Crippen LogP contribution in [-0.4, -0.2) is 45.9 Å². The molecule has 0 bridgehead atoms. The molecule has 0 saturated carbocycles. The van der Waals surface area contributed by atoms with E-state index in [4.69, 9.17) is 14.1 Å². The van der Waals surface area contributed by atoms with E-state index < -0.39 is 0 Å². The molecule has 0 aromatic carbocycles. The predicted octanol–water partition coefficient (Wildman–Crippen LogP) is 3.81. The summed E-state index contributed by atoms with van der Waals surface area (Å²) >= 11 is 0. The summed E-state index contributed by atoms with van der Waals surface area (Å²) in [6.45, 7) is 5.22. The van der Waals surface area contributed by atoms with Crippen molar-refractivity contribution < 1.29 is 9.15 Å². The van der Waals surface area contributed by atoms with Gasteiger partial charge in [-0.15, -0.1) is 10.2 Å². The number of nitrogens with zero attached hydrogens (tertiary/aromatic N) is 7. The molecule has 30 heavy (non-hydrogen) atoms. The van der Waals surface area contributed by atoms with Gasteiger partial charge in [0.1, 0.15) is 18.1 Å². The van der Waals surface area contributed by atoms with Crippen molar-refractivity contribution in [2.45, 2.75) is 13.5 Å². The van der Waals surface area contributed by atoms with Crippen molar-refractivity contribution in [1.29, 1.82) is 0 Å². The molecule has 1 saturated heterocycles. The van der Waals surface area contributed by atoms with E-state index in [1.807, 2.05) is 43.5 Å². The molecule has 0 aliphatic carbocycles. The Hall–Kier alpha value is -3.59. The smallest absolute Gasteiger partial charge is 0.196 e. The summed E-state index contributed by atoms with van der Waals surface area (Å²) in [6, 6.07) is 9.62. The fraction of sp³-hybridized carbons (Fsp3) is 0.286. The van der Waals surface area contributed by atoms with Gasteiger partial charge in [0.2, 0.25) is 0 Å². The zero-order chi connectivity index (χ0) is 20.3. The Balaban J connectivity index is 1.52. The highest BCUT2D eigenvalue weighted by Crippen LogP contribution is 2.28. The van der Waals surface area contributed by atoms with Crippen LogP contribution in [0.1, 0.15) is 11.5 Å². The molecule has 9 heteroatoms. The van der Waals surface area contributed by atoms with Gasteiger partial charge >= 0.3 is 0 Å². The average molecular weight is 403 g/mol. The average Bonchev–Trinajstić information content (AvgIpc) is 3.40. The number of furan rings is 1. The first kappa shape index (κ1) is 18.4. The Morgan fingerprint density at radius 2 is 1.93 bits per heavy atom. The van der Waals surface area contributed by atoms with Crippen molar-refractivity contribution in [1.82, 2.24) is 19.6 Å². The van der Waals surface area contributed by atoms with Gasteiger partial charge in [-0.1, -0.05) is 0 Å². The second-order valence-corrected chi connectivity index (χ2v) is 7.03. The highest BCUT2D eigenvalue weighted by molar-refractivity contribution is 5.75. The maximum absolute atomic E-state index is 5.55. The van der Waals surface area contributed by atoms with Crippen molar-refractivity contribution in [2.24, 2.45) is 10.2 Å². The lowest BCUT2D eigenvalue weighted by atomic mass is 10.2. The third-order valence-electron chi connectivity index (χ3n) is 4.92. The van der Waals surface area contributed by atoms with Crippen molar-refractivity contribution in [3.63, 3.8) is 0 Å². The lowest BCUT2D eigenvalue weighted by molar-refractivity contribution is 0.123. The zero-order valence-electron chi connectivity index (χ0n) is 16.6. The number of hydrogen-bond donors (Lipinski definition) is 0. The molecule has 4 aromatic rings. The Kier molecular flexibility index (Phi) is 4.94. The minimum Gasteiger partial charge on any atom is -0.464 e. The molecule has 5 heterocycles. The van der Waals surface area contributed by atoms with Gasteiger partial charge in [-0.05, 0) is 31.2 Å². The van der Waals surface area contributed by atoms with Gasteiger partial charge in [-0.2, -0.15) is 5.11 Å². The number of rotatable bonds is 5. The lowest BCUT2D eigenvalue weighted by Crippen LogP contribution is -2.36. The van der Waals surface area contributed by atoms with Crippen LogP contribution in [-0.2, 0) is 11.3 Å². The molecule has 0 N–H and O–H groups in total. The molecule has 4 aromatic heterocycles. The van der Waals surface area contributed by atoms with Gasteiger partial charge < -0.3 is 14.1 Å². The molecular formula is C21H21N7O2. The summed E-state index contributed by atoms with van der Waals surface area (Å²) in [5.41, 5.74) is 3.57. The van der Waals surface area contributed by atoms with Crippen molar-refractivity contribution in [3.05, 3.63) is 60.4 Å². The quantitative estimate of drug-likeness (QED) is 0.470. The lowest BCUT2D eigenvalue weighted by Gasteiger charge is -2.28. The molecule has 152 valence electrons. The Bertz CT molecular complexity index is 1180. The Labute approximate surface area is 173 Å². The van der Waals surface area contributed by atoms with E-state index >= 15 is 0 Å². The van der Waals surface area contributed by atoms with Crippen LogP contribution in [0.3, 0.4) is 0 Å². The van der Waals surface area contributed by atoms with Gasteiger partial charge in [0.05, 0.1) is 30.8 Å². The maximum atomic E-state index is 5.55. The molecule has 0 amide bonds. The number of fused-ring (bicyclic) bond motifs is 1. The van der Waals surface area contributed by atoms with E-state index in [0.717, 1.165) is 47.2 Å². The number of azo groups is 1. The highest BCUT2D eigenvalue weighted by atomic mass is 16.5. The van der Waals surface area contributed by atoms with E-state index in [9.17, 15) is 0 Å². The summed E-state index contributed by atoms with van der Waals surface area (Å²) in [7, 11) is 0. The second kappa shape index (κ2) is 8.03. The van der Waals surface area contributed by atoms with Crippen LogP contribution in [0.4, 0.5) is 11.5 Å². The van der Waals surface area contributed by atoms with Crippen LogP contribution in [0.2, 0.25) is 0 Å². The summed E-state index contributed by atoms with van der Waals surface area (Å²) in [4.78, 5) is 11.2. The van der Waals surface area contributed by atoms with Crippen LogP contribution < -0.4 is 4.90 Å². The van der Waals surface area contributed by atoms with E-state index in [2.05, 4.69) is 25.2 Å². The normalized spacial score (nSPS) is 14.8. The summed E-state index contributed by atoms with van der Waals surface area (Å²) < 4.78 is 12.8. The Morgan fingerprint density at radius 3 is 2.70 bits per heavy atom. The number of aromatic nitrogens is 4. The Morgan fingerprint density at radius 1 is 1.10 bits per heavy atom. The van der Waals surface area contributed by atoms with Gasteiger partial charge in [0.25, 0.3) is 0 Å². The molecule has 0 spiro atoms. The molecule has 5 rings (SSSR count). The van der Waals surface area contributed by atoms with Crippen LogP contribution in [0.5, 0.6) is 0 Å². The molecule has 0 unspecified atom stereocenters. The summed E-state index contributed by atoms with van der Waals surface area (Å²) in [5.74, 6) is 2.15. The summed E-state index contributed by atoms with van der Waals surface area (Å²) in [6.07, 6.45) is 5.42. The van der Waals surface area contributed by atoms with E-state index in [1.54, 1.807) is 16.9 Å². The monoisotopic (exact) mass is 403 g/mol. The number of aryl methyl sites for hydroxylation is 1. The van der Waals surface area contributed by atoms with Gasteiger partial charge in [-0.3, -0.25) is 4.98 Å². The minimum atomic E-state index is 0.368. The number of hydrogen-bond acceptors (Lipinski definition) is 8. The van der Waals surface area contributed by atoms with E-state index in [0.29, 0.717) is 25.6 Å². The highest BCUT2D eigenvalue weighted by Gasteiger charge is 2.18. The fourth-order valence-corrected chi connectivity index (χ4v) is 3.44. The first-order chi connectivity index (χ1) is 14.8. The molecule has 0 atom stereocenters. The third kappa shape index (κ3) is 3.79. The molecular weight excluding hydrogens is 382 g/mol. The summed E-state index contributed by atoms with van der Waals surface area (Å²) in [5, 5.41) is 13.2. The fourth-order valence-electron chi connectivity index (χ4n) is 3.44. The van der Waals surface area contributed by atoms with E-state index in [-0.39, 0.29) is 0 Å². The van der Waals surface area contributed by atoms with Gasteiger partial charge in [0, 0.05) is 37.1 Å².